The van der Waals surface area contributed by atoms with Crippen molar-refractivity contribution in [1.29, 1.82) is 0 Å². The number of anilines is 1. The Hall–Kier alpha value is -3.66. The summed E-state index contributed by atoms with van der Waals surface area (Å²) in [4.78, 5) is 41.0. The predicted molar refractivity (Wildman–Crippen MR) is 114 cm³/mol. The molecule has 0 aliphatic carbocycles. The molecule has 10 heteroatoms. The van der Waals surface area contributed by atoms with Crippen molar-refractivity contribution in [3.05, 3.63) is 71.7 Å². The highest BCUT2D eigenvalue weighted by Gasteiger charge is 2.23. The van der Waals surface area contributed by atoms with Gasteiger partial charge in [-0.25, -0.2) is 14.6 Å². The van der Waals surface area contributed by atoms with Gasteiger partial charge in [0.05, 0.1) is 11.3 Å². The van der Waals surface area contributed by atoms with E-state index < -0.39 is 24.0 Å². The zero-order valence-electron chi connectivity index (χ0n) is 16.8. The Labute approximate surface area is 182 Å². The maximum Gasteiger partial charge on any atom is 0.341 e. The van der Waals surface area contributed by atoms with Crippen LogP contribution in [-0.4, -0.2) is 34.2 Å². The SMILES string of the molecule is Cc1cc(CSc2ncccc2C(=O)OC(C)C(=O)NC(=O)Nc2ccccc2)no1. The second-order valence-corrected chi connectivity index (χ2v) is 7.39. The van der Waals surface area contributed by atoms with Crippen LogP contribution in [0.5, 0.6) is 0 Å². The topological polar surface area (TPSA) is 123 Å². The van der Waals surface area contributed by atoms with Gasteiger partial charge in [-0.3, -0.25) is 10.1 Å². The van der Waals surface area contributed by atoms with E-state index >= 15 is 0 Å². The van der Waals surface area contributed by atoms with Crippen molar-refractivity contribution >= 4 is 35.4 Å². The van der Waals surface area contributed by atoms with Crippen LogP contribution in [0.4, 0.5) is 10.5 Å². The number of ether oxygens (including phenoxy) is 1. The van der Waals surface area contributed by atoms with Crippen LogP contribution in [-0.2, 0) is 15.3 Å². The van der Waals surface area contributed by atoms with E-state index in [4.69, 9.17) is 9.26 Å². The largest absolute Gasteiger partial charge is 0.449 e. The number of benzene rings is 1. The number of carbonyl (C=O) groups is 3. The summed E-state index contributed by atoms with van der Waals surface area (Å²) < 4.78 is 10.3. The molecule has 160 valence electrons. The molecule has 3 aromatic rings. The number of hydrogen-bond donors (Lipinski definition) is 2. The van der Waals surface area contributed by atoms with E-state index in [9.17, 15) is 14.4 Å². The van der Waals surface area contributed by atoms with Gasteiger partial charge < -0.3 is 14.6 Å². The Morgan fingerprint density at radius 2 is 1.94 bits per heavy atom. The van der Waals surface area contributed by atoms with Crippen LogP contribution in [0.25, 0.3) is 0 Å². The van der Waals surface area contributed by atoms with Gasteiger partial charge in [-0.2, -0.15) is 0 Å². The summed E-state index contributed by atoms with van der Waals surface area (Å²) in [7, 11) is 0. The molecule has 3 rings (SSSR count). The summed E-state index contributed by atoms with van der Waals surface area (Å²) in [5.74, 6) is -0.340. The number of rotatable bonds is 7. The number of carbonyl (C=O) groups excluding carboxylic acids is 3. The van der Waals surface area contributed by atoms with Crippen LogP contribution in [0.15, 0.2) is 64.3 Å². The van der Waals surface area contributed by atoms with E-state index in [-0.39, 0.29) is 5.56 Å². The quantitative estimate of drug-likeness (QED) is 0.422. The van der Waals surface area contributed by atoms with Gasteiger partial charge in [0.15, 0.2) is 6.10 Å². The molecule has 3 amide bonds. The highest BCUT2D eigenvalue weighted by Crippen LogP contribution is 2.25. The van der Waals surface area contributed by atoms with Crippen molar-refractivity contribution in [3.8, 4) is 0 Å². The number of nitrogens with one attached hydrogen (secondary N) is 2. The highest BCUT2D eigenvalue weighted by atomic mass is 32.2. The summed E-state index contributed by atoms with van der Waals surface area (Å²) >= 11 is 1.29. The average molecular weight is 440 g/mol. The Bertz CT molecular complexity index is 1070. The molecule has 0 bridgehead atoms. The first-order chi connectivity index (χ1) is 14.9. The number of thioether (sulfide) groups is 1. The maximum absolute atomic E-state index is 12.6. The van der Waals surface area contributed by atoms with Gasteiger partial charge in [-0.1, -0.05) is 35.1 Å². The number of aromatic nitrogens is 2. The molecule has 0 spiro atoms. The van der Waals surface area contributed by atoms with Crippen LogP contribution < -0.4 is 10.6 Å². The third-order valence-electron chi connectivity index (χ3n) is 3.95. The molecule has 1 unspecified atom stereocenters. The van der Waals surface area contributed by atoms with Crippen LogP contribution >= 0.6 is 11.8 Å². The maximum atomic E-state index is 12.6. The van der Waals surface area contributed by atoms with Crippen molar-refractivity contribution in [2.45, 2.75) is 30.7 Å². The predicted octanol–water partition coefficient (Wildman–Crippen LogP) is 3.56. The number of imide groups is 1. The number of amides is 3. The number of hydrogen-bond acceptors (Lipinski definition) is 8. The zero-order chi connectivity index (χ0) is 22.2. The second kappa shape index (κ2) is 10.4. The molecule has 0 saturated heterocycles. The number of pyridine rings is 1. The lowest BCUT2D eigenvalue weighted by atomic mass is 10.3. The first-order valence-electron chi connectivity index (χ1n) is 9.30. The minimum atomic E-state index is -1.19. The first kappa shape index (κ1) is 22.0. The molecule has 0 fully saturated rings. The van der Waals surface area contributed by atoms with Crippen molar-refractivity contribution < 1.29 is 23.6 Å². The minimum Gasteiger partial charge on any atom is -0.449 e. The summed E-state index contributed by atoms with van der Waals surface area (Å²) in [6.07, 6.45) is 0.363. The van der Waals surface area contributed by atoms with Crippen molar-refractivity contribution in [1.82, 2.24) is 15.5 Å². The average Bonchev–Trinajstić information content (AvgIpc) is 3.18. The van der Waals surface area contributed by atoms with Gasteiger partial charge >= 0.3 is 12.0 Å². The van der Waals surface area contributed by atoms with Crippen molar-refractivity contribution in [3.63, 3.8) is 0 Å². The summed E-state index contributed by atoms with van der Waals surface area (Å²) in [6, 6.07) is 12.9. The first-order valence-corrected chi connectivity index (χ1v) is 10.3. The Morgan fingerprint density at radius 1 is 1.16 bits per heavy atom. The molecule has 9 nitrogen and oxygen atoms in total. The lowest BCUT2D eigenvalue weighted by Gasteiger charge is -2.14. The number of nitrogens with zero attached hydrogens (tertiary/aromatic N) is 2. The fourth-order valence-corrected chi connectivity index (χ4v) is 3.33. The minimum absolute atomic E-state index is 0.209. The fraction of sp³-hybridized carbons (Fsp3) is 0.190. The van der Waals surface area contributed by atoms with Gasteiger partial charge in [-0.05, 0) is 38.1 Å². The summed E-state index contributed by atoms with van der Waals surface area (Å²) in [5.41, 5.74) is 1.45. The Kier molecular flexibility index (Phi) is 7.39. The molecule has 2 N–H and O–H groups in total. The van der Waals surface area contributed by atoms with E-state index in [1.165, 1.54) is 18.7 Å². The molecule has 31 heavy (non-hydrogen) atoms. The third kappa shape index (κ3) is 6.41. The van der Waals surface area contributed by atoms with Crippen LogP contribution in [0, 0.1) is 6.92 Å². The molecule has 1 atom stereocenters. The van der Waals surface area contributed by atoms with Crippen LogP contribution in [0.2, 0.25) is 0 Å². The number of aryl methyl sites for hydroxylation is 1. The molecule has 0 aliphatic rings. The lowest BCUT2D eigenvalue weighted by Crippen LogP contribution is -2.41. The van der Waals surface area contributed by atoms with E-state index in [1.807, 2.05) is 0 Å². The smallest absolute Gasteiger partial charge is 0.341 e. The van der Waals surface area contributed by atoms with Gasteiger partial charge in [0.1, 0.15) is 10.8 Å². The molecule has 0 radical (unpaired) electrons. The van der Waals surface area contributed by atoms with Gasteiger partial charge in [0.2, 0.25) is 0 Å². The normalized spacial score (nSPS) is 11.4. The summed E-state index contributed by atoms with van der Waals surface area (Å²) in [6.45, 7) is 3.17. The fourth-order valence-electron chi connectivity index (χ4n) is 2.46. The van der Waals surface area contributed by atoms with Crippen LogP contribution in [0.1, 0.15) is 28.7 Å². The molecule has 2 heterocycles. The third-order valence-corrected chi connectivity index (χ3v) is 4.98. The molecule has 0 saturated carbocycles. The zero-order valence-corrected chi connectivity index (χ0v) is 17.6. The van der Waals surface area contributed by atoms with Gasteiger partial charge in [0.25, 0.3) is 5.91 Å². The number of para-hydroxylation sites is 1. The van der Waals surface area contributed by atoms with E-state index in [2.05, 4.69) is 20.8 Å². The number of esters is 1. The molecule has 0 aliphatic heterocycles. The monoisotopic (exact) mass is 440 g/mol. The Morgan fingerprint density at radius 3 is 2.65 bits per heavy atom. The Balaban J connectivity index is 1.56. The van der Waals surface area contributed by atoms with Crippen molar-refractivity contribution in [2.75, 3.05) is 5.32 Å². The van der Waals surface area contributed by atoms with E-state index in [0.717, 1.165) is 0 Å². The van der Waals surface area contributed by atoms with Gasteiger partial charge in [0, 0.05) is 23.7 Å². The van der Waals surface area contributed by atoms with Gasteiger partial charge in [-0.15, -0.1) is 0 Å². The standard InChI is InChI=1S/C21H20N4O5S/c1-13-11-16(25-30-13)12-31-19-17(9-6-10-22-19)20(27)29-14(2)18(26)24-21(28)23-15-7-4-3-5-8-15/h3-11,14H,12H2,1-2H3,(H2,23,24,26,28). The summed E-state index contributed by atoms with van der Waals surface area (Å²) in [5, 5.41) is 9.00. The van der Waals surface area contributed by atoms with Crippen LogP contribution in [0.3, 0.4) is 0 Å². The lowest BCUT2D eigenvalue weighted by molar-refractivity contribution is -0.127. The highest BCUT2D eigenvalue weighted by molar-refractivity contribution is 7.98. The van der Waals surface area contributed by atoms with E-state index in [1.54, 1.807) is 61.7 Å². The molecule has 1 aromatic carbocycles. The molecule has 2 aromatic heterocycles. The molecular weight excluding hydrogens is 420 g/mol. The second-order valence-electron chi connectivity index (χ2n) is 6.43. The van der Waals surface area contributed by atoms with E-state index in [0.29, 0.717) is 27.9 Å². The molecular formula is C21H20N4O5S. The van der Waals surface area contributed by atoms with Crippen molar-refractivity contribution in [2.24, 2.45) is 0 Å². The number of urea groups is 1.